The summed E-state index contributed by atoms with van der Waals surface area (Å²) >= 11 is 0. The van der Waals surface area contributed by atoms with E-state index in [0.717, 1.165) is 31.7 Å². The van der Waals surface area contributed by atoms with E-state index in [2.05, 4.69) is 15.2 Å². The van der Waals surface area contributed by atoms with Gasteiger partial charge in [-0.05, 0) is 43.0 Å². The molecule has 1 amide bonds. The lowest BCUT2D eigenvalue weighted by Gasteiger charge is -2.26. The molecule has 9 nitrogen and oxygen atoms in total. The van der Waals surface area contributed by atoms with E-state index in [1.54, 1.807) is 29.0 Å². The van der Waals surface area contributed by atoms with Gasteiger partial charge in [0.1, 0.15) is 25.0 Å². The normalized spacial score (nSPS) is 14.7. The number of aromatic nitrogens is 4. The van der Waals surface area contributed by atoms with Crippen LogP contribution in [0.4, 0.5) is 0 Å². The quantitative estimate of drug-likeness (QED) is 0.604. The maximum Gasteiger partial charge on any atom is 0.275 e. The number of carbonyl (C=O) groups is 1. The second-order valence-electron chi connectivity index (χ2n) is 7.04. The van der Waals surface area contributed by atoms with Crippen LogP contribution in [0.15, 0.2) is 47.5 Å². The van der Waals surface area contributed by atoms with E-state index in [1.165, 1.54) is 6.33 Å². The van der Waals surface area contributed by atoms with Gasteiger partial charge in [-0.3, -0.25) is 4.79 Å². The van der Waals surface area contributed by atoms with Crippen LogP contribution in [0.5, 0.6) is 5.75 Å². The molecule has 3 heterocycles. The molecule has 0 bridgehead atoms. The highest BCUT2D eigenvalue weighted by Crippen LogP contribution is 2.18. The highest BCUT2D eigenvalue weighted by atomic mass is 16.5. The number of benzene rings is 1. The van der Waals surface area contributed by atoms with Crippen molar-refractivity contribution in [3.05, 3.63) is 54.4 Å². The summed E-state index contributed by atoms with van der Waals surface area (Å²) in [6.07, 6.45) is 5.06. The molecule has 4 rings (SSSR count). The average Bonchev–Trinajstić information content (AvgIpc) is 3.45. The molecule has 1 aliphatic rings. The molecular weight excluding hydrogens is 374 g/mol. The molecule has 2 aromatic heterocycles. The first-order valence-electron chi connectivity index (χ1n) is 9.56. The fourth-order valence-corrected chi connectivity index (χ4v) is 3.27. The topological polar surface area (TPSA) is 95.5 Å². The average molecular weight is 397 g/mol. The zero-order valence-electron chi connectivity index (χ0n) is 16.2. The molecule has 0 aliphatic carbocycles. The molecule has 152 valence electrons. The van der Waals surface area contributed by atoms with Crippen molar-refractivity contribution < 1.29 is 18.8 Å². The number of amides is 1. The number of carbonyl (C=O) groups excluding carboxylic acids is 1. The summed E-state index contributed by atoms with van der Waals surface area (Å²) in [5, 5.41) is 7.98. The summed E-state index contributed by atoms with van der Waals surface area (Å²) in [5.74, 6) is 1.49. The van der Waals surface area contributed by atoms with Gasteiger partial charge in [0.15, 0.2) is 11.5 Å². The minimum atomic E-state index is -0.149. The second kappa shape index (κ2) is 8.87. The summed E-state index contributed by atoms with van der Waals surface area (Å²) in [4.78, 5) is 18.2. The Balaban J connectivity index is 1.30. The van der Waals surface area contributed by atoms with Gasteiger partial charge in [-0.1, -0.05) is 5.16 Å². The van der Waals surface area contributed by atoms with Crippen LogP contribution in [0.3, 0.4) is 0 Å². The van der Waals surface area contributed by atoms with Crippen LogP contribution in [0.1, 0.15) is 29.1 Å². The highest BCUT2D eigenvalue weighted by molar-refractivity contribution is 5.92. The predicted molar refractivity (Wildman–Crippen MR) is 103 cm³/mol. The van der Waals surface area contributed by atoms with E-state index in [-0.39, 0.29) is 12.5 Å². The summed E-state index contributed by atoms with van der Waals surface area (Å²) in [7, 11) is 1.79. The van der Waals surface area contributed by atoms with E-state index >= 15 is 0 Å². The number of ether oxygens (including phenoxy) is 2. The molecule has 0 radical (unpaired) electrons. The highest BCUT2D eigenvalue weighted by Gasteiger charge is 2.22. The minimum absolute atomic E-state index is 0.149. The van der Waals surface area contributed by atoms with E-state index < -0.39 is 0 Å². The summed E-state index contributed by atoms with van der Waals surface area (Å²) < 4.78 is 18.0. The molecule has 9 heteroatoms. The molecule has 1 fully saturated rings. The van der Waals surface area contributed by atoms with E-state index in [0.29, 0.717) is 29.7 Å². The molecule has 1 aliphatic heterocycles. The Hall–Kier alpha value is -3.20. The first-order valence-corrected chi connectivity index (χ1v) is 9.56. The lowest BCUT2D eigenvalue weighted by Crippen LogP contribution is -2.34. The molecule has 0 unspecified atom stereocenters. The zero-order valence-corrected chi connectivity index (χ0v) is 16.2. The lowest BCUT2D eigenvalue weighted by atomic mass is 10.00. The van der Waals surface area contributed by atoms with Gasteiger partial charge < -0.3 is 18.9 Å². The van der Waals surface area contributed by atoms with Crippen molar-refractivity contribution in [2.45, 2.75) is 19.4 Å². The molecule has 0 saturated carbocycles. The summed E-state index contributed by atoms with van der Waals surface area (Å²) in [5.41, 5.74) is 1.18. The van der Waals surface area contributed by atoms with Crippen LogP contribution in [0, 0.1) is 5.92 Å². The van der Waals surface area contributed by atoms with Gasteiger partial charge in [-0.25, -0.2) is 9.67 Å². The molecular formula is C20H23N5O4. The zero-order chi connectivity index (χ0) is 20.1. The Morgan fingerprint density at radius 3 is 2.79 bits per heavy atom. The van der Waals surface area contributed by atoms with Crippen LogP contribution in [-0.4, -0.2) is 57.5 Å². The molecule has 1 aromatic carbocycles. The van der Waals surface area contributed by atoms with Crippen LogP contribution in [-0.2, 0) is 11.3 Å². The number of nitrogens with zero attached hydrogens (tertiary/aromatic N) is 5. The molecule has 0 spiro atoms. The SMILES string of the molecule is CN(CC1CCOCC1)C(=O)c1cc(COc2ccc(-n3cncn3)cc2)on1. The van der Waals surface area contributed by atoms with Gasteiger partial charge in [0.25, 0.3) is 5.91 Å². The molecule has 29 heavy (non-hydrogen) atoms. The van der Waals surface area contributed by atoms with Crippen molar-refractivity contribution in [1.29, 1.82) is 0 Å². The predicted octanol–water partition coefficient (Wildman–Crippen LogP) is 2.33. The third kappa shape index (κ3) is 4.80. The fraction of sp³-hybridized carbons (Fsp3) is 0.400. The largest absolute Gasteiger partial charge is 0.486 e. The van der Waals surface area contributed by atoms with Gasteiger partial charge >= 0.3 is 0 Å². The molecule has 0 atom stereocenters. The number of rotatable bonds is 7. The van der Waals surface area contributed by atoms with E-state index in [9.17, 15) is 4.79 Å². The van der Waals surface area contributed by atoms with E-state index in [1.807, 2.05) is 24.3 Å². The van der Waals surface area contributed by atoms with Gasteiger partial charge in [0.05, 0.1) is 5.69 Å². The number of hydrogen-bond acceptors (Lipinski definition) is 7. The maximum atomic E-state index is 12.6. The number of hydrogen-bond donors (Lipinski definition) is 0. The van der Waals surface area contributed by atoms with Gasteiger partial charge in [0, 0.05) is 32.9 Å². The summed E-state index contributed by atoms with van der Waals surface area (Å²) in [6, 6.07) is 9.06. The van der Waals surface area contributed by atoms with Crippen molar-refractivity contribution in [2.75, 3.05) is 26.8 Å². The third-order valence-corrected chi connectivity index (χ3v) is 4.90. The lowest BCUT2D eigenvalue weighted by molar-refractivity contribution is 0.0493. The van der Waals surface area contributed by atoms with Crippen LogP contribution < -0.4 is 4.74 Å². The Labute approximate surface area is 168 Å². The van der Waals surface area contributed by atoms with Gasteiger partial charge in [0.2, 0.25) is 0 Å². The van der Waals surface area contributed by atoms with Gasteiger partial charge in [-0.2, -0.15) is 5.10 Å². The Morgan fingerprint density at radius 1 is 1.28 bits per heavy atom. The van der Waals surface area contributed by atoms with Crippen molar-refractivity contribution in [3.8, 4) is 11.4 Å². The van der Waals surface area contributed by atoms with Crippen molar-refractivity contribution in [3.63, 3.8) is 0 Å². The fourth-order valence-electron chi connectivity index (χ4n) is 3.27. The van der Waals surface area contributed by atoms with Crippen molar-refractivity contribution in [2.24, 2.45) is 5.92 Å². The summed E-state index contributed by atoms with van der Waals surface area (Å²) in [6.45, 7) is 2.40. The molecule has 1 saturated heterocycles. The standard InChI is InChI=1S/C20H23N5O4/c1-24(11-15-6-8-27-9-7-15)20(26)19-10-18(29-23-19)12-28-17-4-2-16(3-5-17)25-14-21-13-22-25/h2-5,10,13-15H,6-9,11-12H2,1H3. The van der Waals surface area contributed by atoms with Crippen molar-refractivity contribution >= 4 is 5.91 Å². The van der Waals surface area contributed by atoms with Crippen LogP contribution in [0.2, 0.25) is 0 Å². The maximum absolute atomic E-state index is 12.6. The Kier molecular flexibility index (Phi) is 5.85. The van der Waals surface area contributed by atoms with Crippen molar-refractivity contribution in [1.82, 2.24) is 24.8 Å². The van der Waals surface area contributed by atoms with Crippen LogP contribution in [0.25, 0.3) is 5.69 Å². The minimum Gasteiger partial charge on any atom is -0.486 e. The Bertz CT molecular complexity index is 917. The molecule has 3 aromatic rings. The second-order valence-corrected chi connectivity index (χ2v) is 7.04. The third-order valence-electron chi connectivity index (χ3n) is 4.90. The van der Waals surface area contributed by atoms with Gasteiger partial charge in [-0.15, -0.1) is 0 Å². The first-order chi connectivity index (χ1) is 14.2. The Morgan fingerprint density at radius 2 is 2.07 bits per heavy atom. The van der Waals surface area contributed by atoms with E-state index in [4.69, 9.17) is 14.0 Å². The first kappa shape index (κ1) is 19.1. The van der Waals surface area contributed by atoms with Crippen LogP contribution >= 0.6 is 0 Å². The smallest absolute Gasteiger partial charge is 0.275 e. The monoisotopic (exact) mass is 397 g/mol. The molecule has 0 N–H and O–H groups in total.